The highest BCUT2D eigenvalue weighted by atomic mass is 16.4. The topological polar surface area (TPSA) is 37.3 Å². The van der Waals surface area contributed by atoms with Crippen LogP contribution in [0, 0.1) is 6.42 Å². The minimum atomic E-state index is -0.875. The van der Waals surface area contributed by atoms with Crippen molar-refractivity contribution in [3.05, 3.63) is 18.6 Å². The third-order valence-electron chi connectivity index (χ3n) is 1.60. The number of carboxylic acids is 1. The van der Waals surface area contributed by atoms with Gasteiger partial charge in [0.1, 0.15) is 6.08 Å². The molecule has 0 saturated heterocycles. The molecule has 2 heteroatoms. The standard InChI is InChI=1S/C10H16O2/c1-2-3-4-5-6-7-8-9-10(11)12/h7-9H,2-6H2,1H3/p+1/b8-7+. The molecule has 0 fully saturated rings. The van der Waals surface area contributed by atoms with Gasteiger partial charge in [0.05, 0.1) is 0 Å². The molecule has 0 atom stereocenters. The normalized spacial score (nSPS) is 10.4. The molecule has 2 nitrogen and oxygen atoms in total. The number of carbonyl (C=O) groups is 1. The average molecular weight is 169 g/mol. The second kappa shape index (κ2) is 8.18. The van der Waals surface area contributed by atoms with E-state index in [1.165, 1.54) is 25.7 Å². The van der Waals surface area contributed by atoms with E-state index in [1.54, 1.807) is 6.08 Å². The predicted molar refractivity (Wildman–Crippen MR) is 49.8 cm³/mol. The average Bonchev–Trinajstić information content (AvgIpc) is 2.02. The lowest BCUT2D eigenvalue weighted by atomic mass is 10.1. The molecule has 0 saturated carbocycles. The quantitative estimate of drug-likeness (QED) is 0.470. The van der Waals surface area contributed by atoms with Crippen LogP contribution in [0.1, 0.15) is 39.0 Å². The summed E-state index contributed by atoms with van der Waals surface area (Å²) in [6, 6.07) is 0. The zero-order valence-corrected chi connectivity index (χ0v) is 7.62. The summed E-state index contributed by atoms with van der Waals surface area (Å²) >= 11 is 0. The van der Waals surface area contributed by atoms with Crippen LogP contribution >= 0.6 is 0 Å². The smallest absolute Gasteiger partial charge is 0.413 e. The number of carboxylic acid groups (broad SMARTS) is 1. The van der Waals surface area contributed by atoms with Gasteiger partial charge in [0.25, 0.3) is 0 Å². The van der Waals surface area contributed by atoms with E-state index in [0.29, 0.717) is 0 Å². The summed E-state index contributed by atoms with van der Waals surface area (Å²) in [5, 5.41) is 8.25. The summed E-state index contributed by atoms with van der Waals surface area (Å²) in [5.74, 6) is -0.875. The van der Waals surface area contributed by atoms with Crippen molar-refractivity contribution in [2.75, 3.05) is 0 Å². The maximum Gasteiger partial charge on any atom is 0.413 e. The van der Waals surface area contributed by atoms with Gasteiger partial charge < -0.3 is 5.11 Å². The van der Waals surface area contributed by atoms with Crippen molar-refractivity contribution >= 4 is 5.97 Å². The zero-order chi connectivity index (χ0) is 9.23. The molecule has 0 radical (unpaired) electrons. The molecule has 0 aliphatic heterocycles. The molecule has 0 aromatic heterocycles. The van der Waals surface area contributed by atoms with Crippen LogP contribution < -0.4 is 0 Å². The third-order valence-corrected chi connectivity index (χ3v) is 1.60. The Bertz CT molecular complexity index is 139. The van der Waals surface area contributed by atoms with Gasteiger partial charge in [-0.25, -0.2) is 4.79 Å². The van der Waals surface area contributed by atoms with Gasteiger partial charge in [-0.05, 0) is 6.42 Å². The van der Waals surface area contributed by atoms with Crippen molar-refractivity contribution in [1.82, 2.24) is 0 Å². The molecule has 0 aromatic rings. The summed E-state index contributed by atoms with van der Waals surface area (Å²) in [6.07, 6.45) is 10.6. The van der Waals surface area contributed by atoms with Crippen LogP contribution in [0.3, 0.4) is 0 Å². The van der Waals surface area contributed by atoms with Gasteiger partial charge in [-0.3, -0.25) is 0 Å². The Kier molecular flexibility index (Phi) is 7.55. The van der Waals surface area contributed by atoms with Crippen LogP contribution in [0.25, 0.3) is 0 Å². The summed E-state index contributed by atoms with van der Waals surface area (Å²) < 4.78 is 0. The lowest BCUT2D eigenvalue weighted by Crippen LogP contribution is -1.90. The summed E-state index contributed by atoms with van der Waals surface area (Å²) in [6.45, 7) is 2.17. The van der Waals surface area contributed by atoms with Crippen LogP contribution in [-0.4, -0.2) is 11.1 Å². The van der Waals surface area contributed by atoms with Gasteiger partial charge in [-0.1, -0.05) is 26.2 Å². The fourth-order valence-electron chi connectivity index (χ4n) is 0.936. The molecule has 68 valence electrons. The van der Waals surface area contributed by atoms with Gasteiger partial charge in [0.15, 0.2) is 6.42 Å². The fourth-order valence-corrected chi connectivity index (χ4v) is 0.936. The predicted octanol–water partition coefficient (Wildman–Crippen LogP) is 2.80. The van der Waals surface area contributed by atoms with Gasteiger partial charge >= 0.3 is 5.97 Å². The lowest BCUT2D eigenvalue weighted by Gasteiger charge is -1.90. The van der Waals surface area contributed by atoms with Gasteiger partial charge in [0.2, 0.25) is 0 Å². The number of aliphatic carboxylic acids is 1. The molecule has 0 spiro atoms. The van der Waals surface area contributed by atoms with E-state index in [1.807, 2.05) is 6.08 Å². The number of rotatable bonds is 7. The van der Waals surface area contributed by atoms with E-state index in [-0.39, 0.29) is 0 Å². The first kappa shape index (κ1) is 11.1. The second-order valence-corrected chi connectivity index (χ2v) is 2.78. The highest BCUT2D eigenvalue weighted by Gasteiger charge is 1.97. The van der Waals surface area contributed by atoms with Crippen LogP contribution in [-0.2, 0) is 4.79 Å². The monoisotopic (exact) mass is 169 g/mol. The molecule has 0 aromatic carbocycles. The van der Waals surface area contributed by atoms with E-state index in [4.69, 9.17) is 5.11 Å². The first-order chi connectivity index (χ1) is 5.77. The Morgan fingerprint density at radius 2 is 2.17 bits per heavy atom. The first-order valence-corrected chi connectivity index (χ1v) is 4.50. The fraction of sp³-hybridized carbons (Fsp3) is 0.600. The molecule has 0 aliphatic carbocycles. The largest absolute Gasteiger partial charge is 0.463 e. The van der Waals surface area contributed by atoms with E-state index < -0.39 is 5.97 Å². The van der Waals surface area contributed by atoms with Gasteiger partial charge in [-0.2, -0.15) is 0 Å². The Morgan fingerprint density at radius 3 is 2.75 bits per heavy atom. The second-order valence-electron chi connectivity index (χ2n) is 2.78. The van der Waals surface area contributed by atoms with E-state index in [2.05, 4.69) is 6.92 Å². The highest BCUT2D eigenvalue weighted by molar-refractivity contribution is 5.79. The Hall–Kier alpha value is -0.920. The molecule has 1 N–H and O–H groups in total. The van der Waals surface area contributed by atoms with Crippen molar-refractivity contribution in [3.63, 3.8) is 0 Å². The third kappa shape index (κ3) is 9.08. The molecular formula is C10H17O2+. The van der Waals surface area contributed by atoms with Crippen LogP contribution in [0.15, 0.2) is 12.2 Å². The van der Waals surface area contributed by atoms with Crippen molar-refractivity contribution in [3.8, 4) is 0 Å². The minimum absolute atomic E-state index is 0.875. The molecule has 0 rings (SSSR count). The molecule has 0 bridgehead atoms. The Labute approximate surface area is 74.3 Å². The molecule has 0 amide bonds. The van der Waals surface area contributed by atoms with Crippen LogP contribution in [0.5, 0.6) is 0 Å². The minimum Gasteiger partial charge on any atom is -0.463 e. The summed E-state index contributed by atoms with van der Waals surface area (Å²) in [5.41, 5.74) is 0. The van der Waals surface area contributed by atoms with Crippen molar-refractivity contribution in [1.29, 1.82) is 0 Å². The van der Waals surface area contributed by atoms with Gasteiger partial charge in [0, 0.05) is 12.5 Å². The van der Waals surface area contributed by atoms with Crippen molar-refractivity contribution in [2.45, 2.75) is 39.0 Å². The number of allylic oxidation sites excluding steroid dienone is 1. The maximum absolute atomic E-state index is 10.0. The number of unbranched alkanes of at least 4 members (excludes halogenated alkanes) is 4. The number of hydrogen-bond donors (Lipinski definition) is 1. The Morgan fingerprint density at radius 1 is 1.42 bits per heavy atom. The summed E-state index contributed by atoms with van der Waals surface area (Å²) in [7, 11) is 0. The van der Waals surface area contributed by atoms with E-state index in [0.717, 1.165) is 12.8 Å². The molecule has 0 heterocycles. The highest BCUT2D eigenvalue weighted by Crippen LogP contribution is 2.02. The van der Waals surface area contributed by atoms with E-state index in [9.17, 15) is 4.79 Å². The summed E-state index contributed by atoms with van der Waals surface area (Å²) in [4.78, 5) is 10.0. The van der Waals surface area contributed by atoms with Crippen LogP contribution in [0.4, 0.5) is 0 Å². The van der Waals surface area contributed by atoms with E-state index >= 15 is 0 Å². The molecule has 0 aliphatic rings. The molecular weight excluding hydrogens is 152 g/mol. The maximum atomic E-state index is 10.0. The molecule has 0 unspecified atom stereocenters. The Balaban J connectivity index is 3.08. The number of hydrogen-bond acceptors (Lipinski definition) is 1. The van der Waals surface area contributed by atoms with Crippen LogP contribution in [0.2, 0.25) is 0 Å². The molecule has 12 heavy (non-hydrogen) atoms. The first-order valence-electron chi connectivity index (χ1n) is 4.50. The SMILES string of the molecule is CCCCCC/C=C/[CH+]C(=O)O. The van der Waals surface area contributed by atoms with Gasteiger partial charge in [-0.15, -0.1) is 0 Å². The van der Waals surface area contributed by atoms with Crippen molar-refractivity contribution < 1.29 is 9.90 Å². The lowest BCUT2D eigenvalue weighted by molar-refractivity contribution is -0.132. The zero-order valence-electron chi connectivity index (χ0n) is 7.62. The van der Waals surface area contributed by atoms with Crippen molar-refractivity contribution in [2.24, 2.45) is 0 Å².